The Morgan fingerprint density at radius 2 is 1.75 bits per heavy atom. The fourth-order valence-corrected chi connectivity index (χ4v) is 6.35. The number of hydrogen-bond acceptors (Lipinski definition) is 1. The molecule has 1 unspecified atom stereocenters. The highest BCUT2D eigenvalue weighted by Crippen LogP contribution is 2.58. The fraction of sp³-hybridized carbons (Fsp3) is 0.778. The summed E-state index contributed by atoms with van der Waals surface area (Å²) < 4.78 is 0. The summed E-state index contributed by atoms with van der Waals surface area (Å²) in [5.74, 6) is 5.36. The van der Waals surface area contributed by atoms with E-state index in [0.717, 1.165) is 36.1 Å². The molecule has 2 heterocycles. The van der Waals surface area contributed by atoms with Gasteiger partial charge >= 0.3 is 0 Å². The molecule has 1 atom stereocenters. The first-order valence-electron chi connectivity index (χ1n) is 8.76. The topological polar surface area (TPSA) is 27.8 Å². The van der Waals surface area contributed by atoms with Crippen molar-refractivity contribution in [1.82, 2.24) is 10.3 Å². The van der Waals surface area contributed by atoms with Gasteiger partial charge in [0.25, 0.3) is 0 Å². The van der Waals surface area contributed by atoms with Crippen LogP contribution in [0, 0.1) is 29.6 Å². The second-order valence-electron chi connectivity index (χ2n) is 8.00. The SMILES string of the molecule is c1cc2c([nH]1)CCNC2CC1C2CC3CC(C2)CC1C3. The zero-order chi connectivity index (χ0) is 13.1. The van der Waals surface area contributed by atoms with Crippen molar-refractivity contribution in [2.45, 2.75) is 51.0 Å². The van der Waals surface area contributed by atoms with Gasteiger partial charge in [0.1, 0.15) is 0 Å². The summed E-state index contributed by atoms with van der Waals surface area (Å²) in [6, 6.07) is 2.95. The lowest BCUT2D eigenvalue weighted by molar-refractivity contribution is -0.0436. The van der Waals surface area contributed by atoms with E-state index in [1.54, 1.807) is 37.7 Å². The summed E-state index contributed by atoms with van der Waals surface area (Å²) >= 11 is 0. The Morgan fingerprint density at radius 3 is 2.50 bits per heavy atom. The third-order valence-corrected chi connectivity index (χ3v) is 6.94. The average molecular weight is 270 g/mol. The maximum absolute atomic E-state index is 3.80. The first kappa shape index (κ1) is 11.9. The van der Waals surface area contributed by atoms with Gasteiger partial charge in [-0.25, -0.2) is 0 Å². The number of hydrogen-bond donors (Lipinski definition) is 2. The van der Waals surface area contributed by atoms with Crippen molar-refractivity contribution in [1.29, 1.82) is 0 Å². The Kier molecular flexibility index (Phi) is 2.59. The molecule has 1 aromatic rings. The van der Waals surface area contributed by atoms with E-state index in [1.165, 1.54) is 18.5 Å². The molecule has 0 saturated heterocycles. The lowest BCUT2D eigenvalue weighted by atomic mass is 9.51. The summed E-state index contributed by atoms with van der Waals surface area (Å²) in [5.41, 5.74) is 3.07. The molecule has 5 aliphatic rings. The zero-order valence-electron chi connectivity index (χ0n) is 12.3. The highest BCUT2D eigenvalue weighted by Gasteiger charge is 2.48. The van der Waals surface area contributed by atoms with Gasteiger partial charge in [0, 0.05) is 30.9 Å². The maximum atomic E-state index is 3.80. The monoisotopic (exact) mass is 270 g/mol. The van der Waals surface area contributed by atoms with Crippen LogP contribution in [0.4, 0.5) is 0 Å². The molecule has 4 saturated carbocycles. The van der Waals surface area contributed by atoms with E-state index in [2.05, 4.69) is 22.6 Å². The van der Waals surface area contributed by atoms with E-state index in [-0.39, 0.29) is 0 Å². The summed E-state index contributed by atoms with van der Waals surface area (Å²) in [6.07, 6.45) is 12.5. The van der Waals surface area contributed by atoms with Gasteiger partial charge in [-0.2, -0.15) is 0 Å². The van der Waals surface area contributed by atoms with Gasteiger partial charge < -0.3 is 10.3 Å². The van der Waals surface area contributed by atoms with E-state index < -0.39 is 0 Å². The zero-order valence-corrected chi connectivity index (χ0v) is 12.3. The van der Waals surface area contributed by atoms with Gasteiger partial charge in [-0.15, -0.1) is 0 Å². The van der Waals surface area contributed by atoms with E-state index in [9.17, 15) is 0 Å². The van der Waals surface area contributed by atoms with Crippen LogP contribution in [0.15, 0.2) is 12.3 Å². The Hall–Kier alpha value is -0.760. The summed E-state index contributed by atoms with van der Waals surface area (Å²) in [6.45, 7) is 1.16. The van der Waals surface area contributed by atoms with Crippen LogP contribution in [0.3, 0.4) is 0 Å². The minimum Gasteiger partial charge on any atom is -0.365 e. The van der Waals surface area contributed by atoms with Crippen molar-refractivity contribution in [3.05, 3.63) is 23.5 Å². The molecule has 108 valence electrons. The quantitative estimate of drug-likeness (QED) is 0.843. The molecule has 6 rings (SSSR count). The molecule has 20 heavy (non-hydrogen) atoms. The molecular weight excluding hydrogens is 244 g/mol. The van der Waals surface area contributed by atoms with Crippen LogP contribution in [-0.2, 0) is 6.42 Å². The van der Waals surface area contributed by atoms with Crippen LogP contribution >= 0.6 is 0 Å². The molecule has 0 amide bonds. The highest BCUT2D eigenvalue weighted by atomic mass is 14.9. The maximum Gasteiger partial charge on any atom is 0.0340 e. The number of aromatic amines is 1. The molecule has 0 radical (unpaired) electrons. The van der Waals surface area contributed by atoms with Crippen LogP contribution in [0.5, 0.6) is 0 Å². The van der Waals surface area contributed by atoms with Crippen LogP contribution in [0.1, 0.15) is 55.8 Å². The van der Waals surface area contributed by atoms with Crippen molar-refractivity contribution >= 4 is 0 Å². The molecule has 4 aliphatic carbocycles. The molecule has 4 bridgehead atoms. The molecule has 2 N–H and O–H groups in total. The van der Waals surface area contributed by atoms with E-state index >= 15 is 0 Å². The first-order chi connectivity index (χ1) is 9.87. The van der Waals surface area contributed by atoms with Gasteiger partial charge in [-0.1, -0.05) is 0 Å². The smallest absolute Gasteiger partial charge is 0.0340 e. The van der Waals surface area contributed by atoms with Gasteiger partial charge in [0.05, 0.1) is 0 Å². The fourth-order valence-electron chi connectivity index (χ4n) is 6.35. The standard InChI is InChI=1S/C18H26N2/c1-3-19-17-2-4-20-18(15(1)17)10-16-13-6-11-5-12(8-13)9-14(16)7-11/h1,3,11-14,16,18-20H,2,4-10H2. The summed E-state index contributed by atoms with van der Waals surface area (Å²) in [5, 5.41) is 3.80. The highest BCUT2D eigenvalue weighted by molar-refractivity contribution is 5.27. The minimum atomic E-state index is 0.632. The molecule has 0 aromatic carbocycles. The third-order valence-electron chi connectivity index (χ3n) is 6.94. The normalized spacial score (nSPS) is 45.6. The Bertz CT molecular complexity index is 475. The summed E-state index contributed by atoms with van der Waals surface area (Å²) in [7, 11) is 0. The molecule has 1 aliphatic heterocycles. The van der Waals surface area contributed by atoms with Gasteiger partial charge in [0.15, 0.2) is 0 Å². The first-order valence-corrected chi connectivity index (χ1v) is 8.76. The third kappa shape index (κ3) is 1.73. The largest absolute Gasteiger partial charge is 0.365 e. The lowest BCUT2D eigenvalue weighted by Crippen LogP contribution is -2.46. The van der Waals surface area contributed by atoms with E-state index in [0.29, 0.717) is 6.04 Å². The van der Waals surface area contributed by atoms with Crippen LogP contribution < -0.4 is 5.32 Å². The second-order valence-corrected chi connectivity index (χ2v) is 8.00. The predicted molar refractivity (Wildman–Crippen MR) is 80.4 cm³/mol. The number of aromatic nitrogens is 1. The summed E-state index contributed by atoms with van der Waals surface area (Å²) in [4.78, 5) is 3.45. The van der Waals surface area contributed by atoms with Crippen molar-refractivity contribution in [2.24, 2.45) is 29.6 Å². The molecular formula is C18H26N2. The predicted octanol–water partition coefficient (Wildman–Crippen LogP) is 3.66. The minimum absolute atomic E-state index is 0.632. The molecule has 2 nitrogen and oxygen atoms in total. The molecule has 0 spiro atoms. The van der Waals surface area contributed by atoms with Gasteiger partial charge in [-0.3, -0.25) is 0 Å². The number of nitrogens with one attached hydrogen (secondary N) is 2. The Labute approximate surface area is 121 Å². The van der Waals surface area contributed by atoms with Crippen LogP contribution in [0.2, 0.25) is 0 Å². The van der Waals surface area contributed by atoms with Crippen molar-refractivity contribution in [3.8, 4) is 0 Å². The van der Waals surface area contributed by atoms with Crippen LogP contribution in [0.25, 0.3) is 0 Å². The average Bonchev–Trinajstić information content (AvgIpc) is 2.91. The number of rotatable bonds is 2. The van der Waals surface area contributed by atoms with Gasteiger partial charge in [-0.05, 0) is 79.7 Å². The number of fused-ring (bicyclic) bond motifs is 1. The lowest BCUT2D eigenvalue weighted by Gasteiger charge is -2.55. The van der Waals surface area contributed by atoms with Crippen molar-refractivity contribution in [2.75, 3.05) is 6.54 Å². The van der Waals surface area contributed by atoms with E-state index in [4.69, 9.17) is 0 Å². The number of H-pyrrole nitrogens is 1. The Balaban J connectivity index is 1.38. The molecule has 1 aromatic heterocycles. The van der Waals surface area contributed by atoms with Crippen molar-refractivity contribution in [3.63, 3.8) is 0 Å². The molecule has 2 heteroatoms. The van der Waals surface area contributed by atoms with E-state index in [1.807, 2.05) is 0 Å². The van der Waals surface area contributed by atoms with Gasteiger partial charge in [0.2, 0.25) is 0 Å². The van der Waals surface area contributed by atoms with Crippen molar-refractivity contribution < 1.29 is 0 Å². The second kappa shape index (κ2) is 4.37. The molecule has 4 fully saturated rings. The van der Waals surface area contributed by atoms with Crippen LogP contribution in [-0.4, -0.2) is 11.5 Å². The Morgan fingerprint density at radius 1 is 1.00 bits per heavy atom.